The summed E-state index contributed by atoms with van der Waals surface area (Å²) in [6.07, 6.45) is 3.79. The summed E-state index contributed by atoms with van der Waals surface area (Å²) < 4.78 is 16.3. The lowest BCUT2D eigenvalue weighted by molar-refractivity contribution is 0.102. The highest BCUT2D eigenvalue weighted by Crippen LogP contribution is 2.34. The number of rotatable bonds is 5. The van der Waals surface area contributed by atoms with Crippen molar-refractivity contribution < 1.29 is 9.18 Å². The largest absolute Gasteiger partial charge is 0.322 e. The molecule has 4 nitrogen and oxygen atoms in total. The van der Waals surface area contributed by atoms with Gasteiger partial charge in [-0.25, -0.2) is 9.37 Å². The lowest BCUT2D eigenvalue weighted by atomic mass is 10.2. The molecule has 2 aromatic rings. The third kappa shape index (κ3) is 4.28. The quantitative estimate of drug-likeness (QED) is 0.725. The van der Waals surface area contributed by atoms with E-state index in [9.17, 15) is 9.18 Å². The van der Waals surface area contributed by atoms with Crippen molar-refractivity contribution in [3.05, 3.63) is 51.9 Å². The van der Waals surface area contributed by atoms with Gasteiger partial charge in [-0.3, -0.25) is 4.79 Å². The Kier molecular flexibility index (Phi) is 4.94. The maximum absolute atomic E-state index is 13.1. The molecule has 1 amide bonds. The molecule has 0 bridgehead atoms. The highest BCUT2D eigenvalue weighted by Gasteiger charge is 2.22. The van der Waals surface area contributed by atoms with Crippen molar-refractivity contribution in [2.24, 2.45) is 0 Å². The molecule has 0 saturated heterocycles. The van der Waals surface area contributed by atoms with Gasteiger partial charge in [-0.2, -0.15) is 0 Å². The molecule has 1 aliphatic carbocycles. The van der Waals surface area contributed by atoms with Crippen molar-refractivity contribution in [1.29, 1.82) is 0 Å². The van der Waals surface area contributed by atoms with Crippen molar-refractivity contribution in [1.82, 2.24) is 4.98 Å². The molecule has 120 valence electrons. The summed E-state index contributed by atoms with van der Waals surface area (Å²) in [5.74, 6) is -0.400. The van der Waals surface area contributed by atoms with E-state index in [0.29, 0.717) is 16.8 Å². The van der Waals surface area contributed by atoms with Crippen molar-refractivity contribution in [2.75, 3.05) is 10.0 Å². The molecule has 3 rings (SSSR count). The fourth-order valence-corrected chi connectivity index (χ4v) is 2.91. The highest BCUT2D eigenvalue weighted by atomic mass is 35.5. The molecule has 23 heavy (non-hydrogen) atoms. The first-order chi connectivity index (χ1) is 11.0. The van der Waals surface area contributed by atoms with Crippen LogP contribution in [0.25, 0.3) is 0 Å². The number of nitrogens with zero attached hydrogens (tertiary/aromatic N) is 1. The zero-order chi connectivity index (χ0) is 16.4. The number of anilines is 2. The van der Waals surface area contributed by atoms with E-state index in [-0.39, 0.29) is 15.6 Å². The number of amides is 1. The Morgan fingerprint density at radius 1 is 1.26 bits per heavy atom. The third-order valence-electron chi connectivity index (χ3n) is 3.13. The van der Waals surface area contributed by atoms with Gasteiger partial charge in [0, 0.05) is 17.1 Å². The van der Waals surface area contributed by atoms with Crippen LogP contribution in [-0.2, 0) is 0 Å². The van der Waals surface area contributed by atoms with Crippen LogP contribution in [0.1, 0.15) is 23.2 Å². The number of hydrogen-bond acceptors (Lipinski definition) is 4. The second kappa shape index (κ2) is 6.95. The van der Waals surface area contributed by atoms with E-state index in [4.69, 9.17) is 23.2 Å². The van der Waals surface area contributed by atoms with E-state index >= 15 is 0 Å². The normalized spacial score (nSPS) is 13.7. The van der Waals surface area contributed by atoms with Gasteiger partial charge in [0.25, 0.3) is 5.91 Å². The Labute approximate surface area is 146 Å². The summed E-state index contributed by atoms with van der Waals surface area (Å²) in [4.78, 5) is 16.5. The topological polar surface area (TPSA) is 54.0 Å². The summed E-state index contributed by atoms with van der Waals surface area (Å²) in [5.41, 5.74) is 0.664. The molecule has 1 saturated carbocycles. The van der Waals surface area contributed by atoms with Gasteiger partial charge in [-0.15, -0.1) is 0 Å². The molecule has 1 aliphatic rings. The summed E-state index contributed by atoms with van der Waals surface area (Å²) in [6, 6.07) is 5.53. The molecule has 0 aliphatic heterocycles. The number of nitrogens with one attached hydrogen (secondary N) is 2. The van der Waals surface area contributed by atoms with Crippen LogP contribution in [0.5, 0.6) is 0 Å². The van der Waals surface area contributed by atoms with E-state index in [1.54, 1.807) is 18.0 Å². The van der Waals surface area contributed by atoms with Crippen LogP contribution in [-0.4, -0.2) is 16.1 Å². The van der Waals surface area contributed by atoms with Crippen molar-refractivity contribution in [3.63, 3.8) is 0 Å². The minimum absolute atomic E-state index is 0.0631. The first-order valence-corrected chi connectivity index (χ1v) is 8.50. The van der Waals surface area contributed by atoms with Crippen LogP contribution in [0.2, 0.25) is 10.0 Å². The van der Waals surface area contributed by atoms with Gasteiger partial charge in [-0.05, 0) is 49.1 Å². The number of benzene rings is 1. The molecule has 0 radical (unpaired) electrons. The third-order valence-corrected chi connectivity index (χ3v) is 4.85. The monoisotopic (exact) mass is 371 g/mol. The fraction of sp³-hybridized carbons (Fsp3) is 0.200. The van der Waals surface area contributed by atoms with Crippen LogP contribution >= 0.6 is 35.1 Å². The van der Waals surface area contributed by atoms with Crippen molar-refractivity contribution in [3.8, 4) is 0 Å². The SMILES string of the molecule is O=C(Nc1ccc(F)c(Cl)c1)c1cc(NSC2CC2)ncc1Cl. The number of pyridine rings is 1. The molecule has 1 aromatic heterocycles. The lowest BCUT2D eigenvalue weighted by Crippen LogP contribution is -2.13. The van der Waals surface area contributed by atoms with Crippen LogP contribution in [0, 0.1) is 5.82 Å². The first kappa shape index (κ1) is 16.4. The summed E-state index contributed by atoms with van der Waals surface area (Å²) >= 11 is 13.3. The Morgan fingerprint density at radius 2 is 2.04 bits per heavy atom. The minimum Gasteiger partial charge on any atom is -0.322 e. The molecule has 1 fully saturated rings. The number of aromatic nitrogens is 1. The van der Waals surface area contributed by atoms with Crippen LogP contribution in [0.4, 0.5) is 15.9 Å². The highest BCUT2D eigenvalue weighted by molar-refractivity contribution is 8.01. The molecular formula is C15H12Cl2FN3OS. The van der Waals surface area contributed by atoms with Crippen LogP contribution < -0.4 is 10.0 Å². The van der Waals surface area contributed by atoms with E-state index < -0.39 is 11.7 Å². The van der Waals surface area contributed by atoms with E-state index in [1.165, 1.54) is 37.2 Å². The van der Waals surface area contributed by atoms with Gasteiger partial charge < -0.3 is 10.0 Å². The summed E-state index contributed by atoms with van der Waals surface area (Å²) in [7, 11) is 0. The number of hydrogen-bond donors (Lipinski definition) is 2. The number of carbonyl (C=O) groups excluding carboxylic acids is 1. The van der Waals surface area contributed by atoms with E-state index in [0.717, 1.165) is 0 Å². The zero-order valence-electron chi connectivity index (χ0n) is 11.8. The maximum Gasteiger partial charge on any atom is 0.257 e. The number of halogens is 3. The smallest absolute Gasteiger partial charge is 0.257 e. The van der Waals surface area contributed by atoms with Gasteiger partial charge in [0.05, 0.1) is 15.6 Å². The molecule has 2 N–H and O–H groups in total. The Balaban J connectivity index is 1.74. The number of carbonyl (C=O) groups is 1. The Hall–Kier alpha value is -1.50. The maximum atomic E-state index is 13.1. The van der Waals surface area contributed by atoms with Crippen LogP contribution in [0.15, 0.2) is 30.5 Å². The van der Waals surface area contributed by atoms with Crippen molar-refractivity contribution >= 4 is 52.6 Å². The molecule has 8 heteroatoms. The predicted molar refractivity (Wildman–Crippen MR) is 92.8 cm³/mol. The Bertz CT molecular complexity index is 755. The average Bonchev–Trinajstić information content (AvgIpc) is 3.34. The van der Waals surface area contributed by atoms with Gasteiger partial charge >= 0.3 is 0 Å². The molecule has 0 spiro atoms. The van der Waals surface area contributed by atoms with Gasteiger partial charge in [0.1, 0.15) is 11.6 Å². The summed E-state index contributed by atoms with van der Waals surface area (Å²) in [5, 5.41) is 3.41. The van der Waals surface area contributed by atoms with E-state index in [1.807, 2.05) is 0 Å². The van der Waals surface area contributed by atoms with E-state index in [2.05, 4.69) is 15.0 Å². The van der Waals surface area contributed by atoms with Crippen LogP contribution in [0.3, 0.4) is 0 Å². The fourth-order valence-electron chi connectivity index (χ4n) is 1.77. The molecular weight excluding hydrogens is 360 g/mol. The van der Waals surface area contributed by atoms with Crippen molar-refractivity contribution in [2.45, 2.75) is 18.1 Å². The molecule has 1 heterocycles. The molecule has 1 aromatic carbocycles. The lowest BCUT2D eigenvalue weighted by Gasteiger charge is -2.09. The summed E-state index contributed by atoms with van der Waals surface area (Å²) in [6.45, 7) is 0. The molecule has 0 unspecified atom stereocenters. The standard InChI is InChI=1S/C15H12Cl2FN3OS/c16-11-5-8(1-4-13(11)18)20-15(22)10-6-14(19-7-12(10)17)21-23-9-2-3-9/h1,4-7,9H,2-3H2,(H,19,21)(H,20,22). The zero-order valence-corrected chi connectivity index (χ0v) is 14.1. The van der Waals surface area contributed by atoms with Gasteiger partial charge in [0.2, 0.25) is 0 Å². The molecule has 0 atom stereocenters. The minimum atomic E-state index is -0.546. The second-order valence-corrected chi connectivity index (χ2v) is 6.97. The second-order valence-electron chi connectivity index (χ2n) is 5.05. The average molecular weight is 372 g/mol. The predicted octanol–water partition coefficient (Wildman–Crippen LogP) is 5.00. The Morgan fingerprint density at radius 3 is 2.74 bits per heavy atom. The first-order valence-electron chi connectivity index (χ1n) is 6.86. The van der Waals surface area contributed by atoms with Gasteiger partial charge in [-0.1, -0.05) is 23.2 Å². The van der Waals surface area contributed by atoms with Gasteiger partial charge in [0.15, 0.2) is 0 Å².